The highest BCUT2D eigenvalue weighted by atomic mass is 19.1. The van der Waals surface area contributed by atoms with Gasteiger partial charge < -0.3 is 15.7 Å². The van der Waals surface area contributed by atoms with Gasteiger partial charge in [-0.3, -0.25) is 9.59 Å². The molecule has 1 saturated heterocycles. The zero-order chi connectivity index (χ0) is 16.7. The second-order valence-corrected chi connectivity index (χ2v) is 6.67. The normalized spacial score (nSPS) is 26.4. The van der Waals surface area contributed by atoms with Crippen molar-refractivity contribution in [1.29, 1.82) is 0 Å². The molecule has 0 bridgehead atoms. The van der Waals surface area contributed by atoms with Crippen molar-refractivity contribution in [2.24, 2.45) is 5.73 Å². The maximum Gasteiger partial charge on any atom is 0.251 e. The van der Waals surface area contributed by atoms with Crippen molar-refractivity contribution in [3.8, 4) is 0 Å². The maximum absolute atomic E-state index is 13.6. The van der Waals surface area contributed by atoms with Crippen LogP contribution in [-0.4, -0.2) is 40.5 Å². The molecule has 0 radical (unpaired) electrons. The van der Waals surface area contributed by atoms with Gasteiger partial charge in [-0.2, -0.15) is 0 Å². The van der Waals surface area contributed by atoms with E-state index in [1.54, 1.807) is 12.1 Å². The summed E-state index contributed by atoms with van der Waals surface area (Å²) in [4.78, 5) is 26.1. The number of likely N-dealkylation sites (tertiary alicyclic amines) is 1. The van der Waals surface area contributed by atoms with Crippen molar-refractivity contribution in [2.75, 3.05) is 13.1 Å². The van der Waals surface area contributed by atoms with Crippen LogP contribution in [0.2, 0.25) is 0 Å². The smallest absolute Gasteiger partial charge is 0.251 e. The first-order valence-corrected chi connectivity index (χ1v) is 7.95. The van der Waals surface area contributed by atoms with Crippen LogP contribution in [0.15, 0.2) is 24.3 Å². The van der Waals surface area contributed by atoms with Crippen LogP contribution < -0.4 is 5.73 Å². The lowest BCUT2D eigenvalue weighted by Crippen LogP contribution is -2.61. The summed E-state index contributed by atoms with van der Waals surface area (Å²) in [5, 5.41) is 10.3. The van der Waals surface area contributed by atoms with Gasteiger partial charge in [0, 0.05) is 6.54 Å². The highest BCUT2D eigenvalue weighted by Crippen LogP contribution is 2.46. The van der Waals surface area contributed by atoms with E-state index in [4.69, 9.17) is 5.73 Å². The lowest BCUT2D eigenvalue weighted by atomic mass is 9.63. The molecule has 0 spiro atoms. The molecule has 1 aliphatic heterocycles. The number of nitrogens with two attached hydrogens (primary N) is 1. The second kappa shape index (κ2) is 5.60. The first-order chi connectivity index (χ1) is 10.9. The average Bonchev–Trinajstić information content (AvgIpc) is 2.46. The molecule has 3 rings (SSSR count). The third-order valence-corrected chi connectivity index (χ3v) is 5.21. The number of carbonyl (C=O) groups is 2. The van der Waals surface area contributed by atoms with E-state index in [0.29, 0.717) is 31.4 Å². The van der Waals surface area contributed by atoms with E-state index in [2.05, 4.69) is 0 Å². The molecule has 2 aliphatic rings. The summed E-state index contributed by atoms with van der Waals surface area (Å²) in [6.07, 6.45) is 2.99. The van der Waals surface area contributed by atoms with E-state index in [0.717, 1.165) is 6.42 Å². The largest absolute Gasteiger partial charge is 0.378 e. The fraction of sp³-hybridized carbons (Fsp3) is 0.529. The molecule has 1 aromatic carbocycles. The van der Waals surface area contributed by atoms with Gasteiger partial charge in [0.05, 0.1) is 12.0 Å². The third-order valence-electron chi connectivity index (χ3n) is 5.21. The topological polar surface area (TPSA) is 83.6 Å². The molecule has 3 N–H and O–H groups in total. The summed E-state index contributed by atoms with van der Waals surface area (Å²) in [5.74, 6) is -1.31. The SMILES string of the molecule is NC(=O)[C@]1(O)CCCN(C(=O)C2(c3cccc(F)c3)CCC2)C1. The molecular weight excluding hydrogens is 299 g/mol. The van der Waals surface area contributed by atoms with Crippen LogP contribution in [0.1, 0.15) is 37.7 Å². The molecule has 5 nitrogen and oxygen atoms in total. The second-order valence-electron chi connectivity index (χ2n) is 6.67. The molecule has 0 aromatic heterocycles. The Morgan fingerprint density at radius 2 is 1.96 bits per heavy atom. The van der Waals surface area contributed by atoms with Crippen LogP contribution in [0, 0.1) is 5.82 Å². The predicted molar refractivity (Wildman–Crippen MR) is 81.9 cm³/mol. The minimum atomic E-state index is -1.67. The monoisotopic (exact) mass is 320 g/mol. The van der Waals surface area contributed by atoms with Crippen LogP contribution in [0.5, 0.6) is 0 Å². The molecule has 23 heavy (non-hydrogen) atoms. The summed E-state index contributed by atoms with van der Waals surface area (Å²) in [7, 11) is 0. The van der Waals surface area contributed by atoms with E-state index in [1.165, 1.54) is 17.0 Å². The fourth-order valence-corrected chi connectivity index (χ4v) is 3.66. The van der Waals surface area contributed by atoms with Crippen molar-refractivity contribution >= 4 is 11.8 Å². The number of piperidine rings is 1. The van der Waals surface area contributed by atoms with Crippen molar-refractivity contribution < 1.29 is 19.1 Å². The molecule has 1 saturated carbocycles. The lowest BCUT2D eigenvalue weighted by molar-refractivity contribution is -0.154. The van der Waals surface area contributed by atoms with E-state index in [1.807, 2.05) is 0 Å². The van der Waals surface area contributed by atoms with Gasteiger partial charge in [0.25, 0.3) is 5.91 Å². The summed E-state index contributed by atoms with van der Waals surface area (Å²) >= 11 is 0. The molecule has 2 fully saturated rings. The molecule has 6 heteroatoms. The number of hydrogen-bond donors (Lipinski definition) is 2. The molecule has 124 valence electrons. The molecular formula is C17H21FN2O3. The summed E-state index contributed by atoms with van der Waals surface area (Å²) in [6.45, 7) is 0.393. The van der Waals surface area contributed by atoms with Gasteiger partial charge in [-0.25, -0.2) is 4.39 Å². The van der Waals surface area contributed by atoms with Crippen molar-refractivity contribution in [2.45, 2.75) is 43.1 Å². The Hall–Kier alpha value is -1.95. The van der Waals surface area contributed by atoms with Crippen molar-refractivity contribution in [3.05, 3.63) is 35.6 Å². The number of benzene rings is 1. The molecule has 1 heterocycles. The van der Waals surface area contributed by atoms with Gasteiger partial charge in [-0.1, -0.05) is 18.6 Å². The highest BCUT2D eigenvalue weighted by molar-refractivity contribution is 5.91. The first kappa shape index (κ1) is 15.9. The van der Waals surface area contributed by atoms with E-state index < -0.39 is 16.9 Å². The van der Waals surface area contributed by atoms with Gasteiger partial charge in [0.15, 0.2) is 5.60 Å². The number of nitrogens with zero attached hydrogens (tertiary/aromatic N) is 1. The maximum atomic E-state index is 13.6. The van der Waals surface area contributed by atoms with Crippen LogP contribution in [0.25, 0.3) is 0 Å². The Morgan fingerprint density at radius 1 is 1.22 bits per heavy atom. The number of β-amino-alcohol motifs (C(OH)–C–C–N with tert-alkyl or cyclic N) is 1. The summed E-state index contributed by atoms with van der Waals surface area (Å²) < 4.78 is 13.6. The average molecular weight is 320 g/mol. The van der Waals surface area contributed by atoms with Gasteiger partial charge in [-0.05, 0) is 43.4 Å². The number of rotatable bonds is 3. The lowest BCUT2D eigenvalue weighted by Gasteiger charge is -2.47. The Balaban J connectivity index is 1.87. The fourth-order valence-electron chi connectivity index (χ4n) is 3.66. The Kier molecular flexibility index (Phi) is 3.88. The van der Waals surface area contributed by atoms with Crippen LogP contribution in [0.3, 0.4) is 0 Å². The number of aliphatic hydroxyl groups is 1. The summed E-state index contributed by atoms with van der Waals surface area (Å²) in [5.41, 5.74) is 3.54. The number of carbonyl (C=O) groups excluding carboxylic acids is 2. The van der Waals surface area contributed by atoms with Crippen molar-refractivity contribution in [3.63, 3.8) is 0 Å². The van der Waals surface area contributed by atoms with E-state index in [-0.39, 0.29) is 24.7 Å². The molecule has 2 amide bonds. The van der Waals surface area contributed by atoms with Crippen molar-refractivity contribution in [1.82, 2.24) is 4.90 Å². The Labute approximate surface area is 134 Å². The highest BCUT2D eigenvalue weighted by Gasteiger charge is 2.50. The molecule has 1 aliphatic carbocycles. The van der Waals surface area contributed by atoms with Gasteiger partial charge in [-0.15, -0.1) is 0 Å². The van der Waals surface area contributed by atoms with E-state index >= 15 is 0 Å². The minimum Gasteiger partial charge on any atom is -0.378 e. The van der Waals surface area contributed by atoms with E-state index in [9.17, 15) is 19.1 Å². The van der Waals surface area contributed by atoms with Crippen LogP contribution in [0.4, 0.5) is 4.39 Å². The number of primary amides is 1. The van der Waals surface area contributed by atoms with Gasteiger partial charge in [0.1, 0.15) is 5.82 Å². The number of halogens is 1. The molecule has 1 atom stereocenters. The first-order valence-electron chi connectivity index (χ1n) is 7.95. The third kappa shape index (κ3) is 2.61. The Morgan fingerprint density at radius 3 is 2.52 bits per heavy atom. The molecule has 0 unspecified atom stereocenters. The quantitative estimate of drug-likeness (QED) is 0.874. The number of hydrogen-bond acceptors (Lipinski definition) is 3. The summed E-state index contributed by atoms with van der Waals surface area (Å²) in [6, 6.07) is 6.13. The standard InChI is InChI=1S/C17H21FN2O3/c18-13-5-1-4-12(10-13)16(6-2-7-16)15(22)20-9-3-8-17(23,11-20)14(19)21/h1,4-5,10,23H,2-3,6-9,11H2,(H2,19,21)/t17-/m0/s1. The molecule has 1 aromatic rings. The predicted octanol–water partition coefficient (Wildman–Crippen LogP) is 1.09. The minimum absolute atomic E-state index is 0.0851. The zero-order valence-electron chi connectivity index (χ0n) is 12.9. The Bertz CT molecular complexity index is 644. The number of amides is 2. The van der Waals surface area contributed by atoms with Crippen LogP contribution >= 0.6 is 0 Å². The van der Waals surface area contributed by atoms with Crippen LogP contribution in [-0.2, 0) is 15.0 Å². The zero-order valence-corrected chi connectivity index (χ0v) is 12.9. The van der Waals surface area contributed by atoms with Gasteiger partial charge in [0.2, 0.25) is 5.91 Å². The van der Waals surface area contributed by atoms with Gasteiger partial charge >= 0.3 is 0 Å².